The third-order valence-corrected chi connectivity index (χ3v) is 6.92. The van der Waals surface area contributed by atoms with E-state index in [0.29, 0.717) is 18.0 Å². The zero-order chi connectivity index (χ0) is 20.5. The van der Waals surface area contributed by atoms with Gasteiger partial charge in [-0.25, -0.2) is 12.7 Å². The standard InChI is InChI=1S/C22H28N2O3S/c1-16(2)18-10-8-17(9-11-18)15-24(20-12-13-20)22(25)19-6-5-7-21(14-19)28(26,27)23(3)4/h5-11,14,16,20H,12-13,15H2,1-4H3. The normalized spacial score (nSPS) is 14.5. The number of benzene rings is 2. The lowest BCUT2D eigenvalue weighted by Gasteiger charge is -2.23. The van der Waals surface area contributed by atoms with Gasteiger partial charge in [-0.05, 0) is 48.1 Å². The van der Waals surface area contributed by atoms with Gasteiger partial charge in [-0.3, -0.25) is 4.79 Å². The summed E-state index contributed by atoms with van der Waals surface area (Å²) in [6.07, 6.45) is 1.98. The van der Waals surface area contributed by atoms with Crippen LogP contribution >= 0.6 is 0 Å². The van der Waals surface area contributed by atoms with Crippen LogP contribution in [0.3, 0.4) is 0 Å². The molecule has 0 aromatic heterocycles. The Kier molecular flexibility index (Phi) is 5.91. The lowest BCUT2D eigenvalue weighted by Crippen LogP contribution is -2.33. The van der Waals surface area contributed by atoms with Crippen LogP contribution in [0.5, 0.6) is 0 Å². The maximum Gasteiger partial charge on any atom is 0.254 e. The van der Waals surface area contributed by atoms with Crippen LogP contribution in [0.2, 0.25) is 0 Å². The number of hydrogen-bond donors (Lipinski definition) is 0. The van der Waals surface area contributed by atoms with Crippen LogP contribution in [0, 0.1) is 0 Å². The molecule has 28 heavy (non-hydrogen) atoms. The monoisotopic (exact) mass is 400 g/mol. The van der Waals surface area contributed by atoms with Gasteiger partial charge in [-0.15, -0.1) is 0 Å². The van der Waals surface area contributed by atoms with E-state index in [9.17, 15) is 13.2 Å². The zero-order valence-corrected chi connectivity index (χ0v) is 17.7. The molecule has 6 heteroatoms. The molecule has 0 N–H and O–H groups in total. The summed E-state index contributed by atoms with van der Waals surface area (Å²) in [5.74, 6) is 0.350. The molecule has 2 aromatic rings. The molecule has 0 saturated heterocycles. The highest BCUT2D eigenvalue weighted by molar-refractivity contribution is 7.89. The summed E-state index contributed by atoms with van der Waals surface area (Å²) >= 11 is 0. The Labute approximate surface area is 168 Å². The fourth-order valence-corrected chi connectivity index (χ4v) is 4.07. The molecule has 1 aliphatic rings. The van der Waals surface area contributed by atoms with Gasteiger partial charge in [-0.2, -0.15) is 0 Å². The molecule has 150 valence electrons. The molecule has 2 aromatic carbocycles. The number of sulfonamides is 1. The molecule has 0 bridgehead atoms. The van der Waals surface area contributed by atoms with Crippen LogP contribution in [0.4, 0.5) is 0 Å². The van der Waals surface area contributed by atoms with Crippen molar-refractivity contribution in [1.29, 1.82) is 0 Å². The first-order chi connectivity index (χ1) is 13.2. The maximum absolute atomic E-state index is 13.2. The fraction of sp³-hybridized carbons (Fsp3) is 0.409. The van der Waals surface area contributed by atoms with E-state index in [0.717, 1.165) is 22.7 Å². The molecule has 0 radical (unpaired) electrons. The summed E-state index contributed by atoms with van der Waals surface area (Å²) in [7, 11) is -0.598. The third kappa shape index (κ3) is 4.45. The molecular formula is C22H28N2O3S. The molecule has 1 aliphatic carbocycles. The number of amides is 1. The van der Waals surface area contributed by atoms with Gasteiger partial charge in [0, 0.05) is 32.2 Å². The van der Waals surface area contributed by atoms with Crippen LogP contribution in [0.1, 0.15) is 54.1 Å². The largest absolute Gasteiger partial charge is 0.331 e. The van der Waals surface area contributed by atoms with E-state index < -0.39 is 10.0 Å². The second-order valence-corrected chi connectivity index (χ2v) is 10.0. The van der Waals surface area contributed by atoms with Gasteiger partial charge in [0.1, 0.15) is 0 Å². The van der Waals surface area contributed by atoms with Gasteiger partial charge < -0.3 is 4.90 Å². The van der Waals surface area contributed by atoms with E-state index in [4.69, 9.17) is 0 Å². The molecule has 5 nitrogen and oxygen atoms in total. The Hall–Kier alpha value is -2.18. The van der Waals surface area contributed by atoms with E-state index in [1.165, 1.54) is 31.8 Å². The van der Waals surface area contributed by atoms with Crippen molar-refractivity contribution >= 4 is 15.9 Å². The zero-order valence-electron chi connectivity index (χ0n) is 16.9. The van der Waals surface area contributed by atoms with Crippen molar-refractivity contribution in [1.82, 2.24) is 9.21 Å². The van der Waals surface area contributed by atoms with Gasteiger partial charge >= 0.3 is 0 Å². The lowest BCUT2D eigenvalue weighted by atomic mass is 10.0. The fourth-order valence-electron chi connectivity index (χ4n) is 3.12. The van der Waals surface area contributed by atoms with Gasteiger partial charge in [0.05, 0.1) is 4.90 Å². The highest BCUT2D eigenvalue weighted by Gasteiger charge is 2.33. The molecule has 0 atom stereocenters. The Balaban J connectivity index is 1.84. The first-order valence-corrected chi connectivity index (χ1v) is 11.1. The molecule has 1 fully saturated rings. The minimum absolute atomic E-state index is 0.119. The van der Waals surface area contributed by atoms with E-state index in [1.54, 1.807) is 12.1 Å². The van der Waals surface area contributed by atoms with E-state index in [1.807, 2.05) is 4.90 Å². The Morgan fingerprint density at radius 1 is 1.07 bits per heavy atom. The summed E-state index contributed by atoms with van der Waals surface area (Å²) in [5, 5.41) is 0. The smallest absolute Gasteiger partial charge is 0.254 e. The van der Waals surface area contributed by atoms with Crippen molar-refractivity contribution in [3.63, 3.8) is 0 Å². The van der Waals surface area contributed by atoms with Crippen molar-refractivity contribution in [3.8, 4) is 0 Å². The second-order valence-electron chi connectivity index (χ2n) is 7.88. The van der Waals surface area contributed by atoms with Crippen LogP contribution in [-0.2, 0) is 16.6 Å². The summed E-state index contributed by atoms with van der Waals surface area (Å²) < 4.78 is 26.0. The van der Waals surface area contributed by atoms with Gasteiger partial charge in [0.15, 0.2) is 0 Å². The number of rotatable bonds is 7. The van der Waals surface area contributed by atoms with Crippen LogP contribution in [0.15, 0.2) is 53.4 Å². The van der Waals surface area contributed by atoms with Crippen LogP contribution < -0.4 is 0 Å². The summed E-state index contributed by atoms with van der Waals surface area (Å²) in [4.78, 5) is 15.2. The van der Waals surface area contributed by atoms with Gasteiger partial charge in [-0.1, -0.05) is 44.2 Å². The lowest BCUT2D eigenvalue weighted by molar-refractivity contribution is 0.0729. The molecule has 0 spiro atoms. The quantitative estimate of drug-likeness (QED) is 0.709. The minimum atomic E-state index is -3.57. The first-order valence-electron chi connectivity index (χ1n) is 9.62. The van der Waals surface area contributed by atoms with E-state index in [2.05, 4.69) is 38.1 Å². The number of hydrogen-bond acceptors (Lipinski definition) is 3. The Morgan fingerprint density at radius 3 is 2.25 bits per heavy atom. The van der Waals surface area contributed by atoms with Crippen molar-refractivity contribution in [2.24, 2.45) is 0 Å². The molecular weight excluding hydrogens is 372 g/mol. The van der Waals surface area contributed by atoms with Gasteiger partial charge in [0.2, 0.25) is 10.0 Å². The van der Waals surface area contributed by atoms with Crippen molar-refractivity contribution in [3.05, 3.63) is 65.2 Å². The molecule has 1 amide bonds. The van der Waals surface area contributed by atoms with Crippen molar-refractivity contribution in [2.75, 3.05) is 14.1 Å². The summed E-state index contributed by atoms with van der Waals surface area (Å²) in [5.41, 5.74) is 2.77. The maximum atomic E-state index is 13.2. The van der Waals surface area contributed by atoms with E-state index in [-0.39, 0.29) is 16.8 Å². The van der Waals surface area contributed by atoms with E-state index >= 15 is 0 Å². The second kappa shape index (κ2) is 8.05. The topological polar surface area (TPSA) is 57.7 Å². The van der Waals surface area contributed by atoms with Crippen LogP contribution in [-0.4, -0.2) is 43.7 Å². The minimum Gasteiger partial charge on any atom is -0.331 e. The third-order valence-electron chi connectivity index (χ3n) is 5.11. The average Bonchev–Trinajstić information content (AvgIpc) is 3.51. The number of nitrogens with zero attached hydrogens (tertiary/aromatic N) is 2. The average molecular weight is 401 g/mol. The van der Waals surface area contributed by atoms with Gasteiger partial charge in [0.25, 0.3) is 5.91 Å². The summed E-state index contributed by atoms with van der Waals surface area (Å²) in [6.45, 7) is 4.85. The number of carbonyl (C=O) groups excluding carboxylic acids is 1. The molecule has 3 rings (SSSR count). The highest BCUT2D eigenvalue weighted by Crippen LogP contribution is 2.30. The molecule has 0 aliphatic heterocycles. The molecule has 0 unspecified atom stereocenters. The highest BCUT2D eigenvalue weighted by atomic mass is 32.2. The Bertz CT molecular complexity index is 946. The predicted molar refractivity (Wildman–Crippen MR) is 111 cm³/mol. The first kappa shape index (κ1) is 20.6. The summed E-state index contributed by atoms with van der Waals surface area (Å²) in [6, 6.07) is 14.9. The SMILES string of the molecule is CC(C)c1ccc(CN(C(=O)c2cccc(S(=O)(=O)N(C)C)c2)C2CC2)cc1. The van der Waals surface area contributed by atoms with Crippen LogP contribution in [0.25, 0.3) is 0 Å². The Morgan fingerprint density at radius 2 is 1.71 bits per heavy atom. The van der Waals surface area contributed by atoms with Crippen molar-refractivity contribution < 1.29 is 13.2 Å². The predicted octanol–water partition coefficient (Wildman–Crippen LogP) is 3.87. The molecule has 1 saturated carbocycles. The van der Waals surface area contributed by atoms with Crippen molar-refractivity contribution in [2.45, 2.75) is 50.1 Å². The number of carbonyl (C=O) groups is 1. The molecule has 0 heterocycles.